The summed E-state index contributed by atoms with van der Waals surface area (Å²) in [5, 5.41) is 0. The first-order valence-electron chi connectivity index (χ1n) is 10.6. The number of rotatable bonds is 5. The molecule has 1 fully saturated rings. The minimum atomic E-state index is -0.366. The van der Waals surface area contributed by atoms with Crippen molar-refractivity contribution in [1.29, 1.82) is 0 Å². The Labute approximate surface area is 176 Å². The summed E-state index contributed by atoms with van der Waals surface area (Å²) in [6, 6.07) is 11.8. The van der Waals surface area contributed by atoms with E-state index >= 15 is 0 Å². The number of likely N-dealkylation sites (tertiary alicyclic amines) is 1. The van der Waals surface area contributed by atoms with Crippen molar-refractivity contribution in [3.05, 3.63) is 65.0 Å². The highest BCUT2D eigenvalue weighted by Crippen LogP contribution is 2.37. The van der Waals surface area contributed by atoms with Crippen molar-refractivity contribution in [1.82, 2.24) is 9.80 Å². The van der Waals surface area contributed by atoms with Gasteiger partial charge >= 0.3 is 0 Å². The molecule has 0 aromatic heterocycles. The van der Waals surface area contributed by atoms with Gasteiger partial charge in [-0.15, -0.1) is 0 Å². The highest BCUT2D eigenvalue weighted by atomic mass is 19.1. The van der Waals surface area contributed by atoms with Gasteiger partial charge in [-0.1, -0.05) is 25.1 Å². The van der Waals surface area contributed by atoms with Gasteiger partial charge in [-0.3, -0.25) is 9.59 Å². The molecule has 0 radical (unpaired) electrons. The molecule has 2 aliphatic heterocycles. The topological polar surface area (TPSA) is 49.9 Å². The molecule has 0 unspecified atom stereocenters. The van der Waals surface area contributed by atoms with Crippen molar-refractivity contribution in [2.24, 2.45) is 0 Å². The molecule has 2 amide bonds. The van der Waals surface area contributed by atoms with E-state index in [2.05, 4.69) is 0 Å². The van der Waals surface area contributed by atoms with Gasteiger partial charge in [0.15, 0.2) is 6.61 Å². The predicted octanol–water partition coefficient (Wildman–Crippen LogP) is 3.71. The van der Waals surface area contributed by atoms with Crippen LogP contribution >= 0.6 is 0 Å². The van der Waals surface area contributed by atoms with E-state index in [0.29, 0.717) is 18.7 Å². The molecule has 2 aromatic carbocycles. The van der Waals surface area contributed by atoms with Gasteiger partial charge in [0.25, 0.3) is 5.91 Å². The van der Waals surface area contributed by atoms with Gasteiger partial charge in [-0.05, 0) is 60.2 Å². The van der Waals surface area contributed by atoms with Gasteiger partial charge in [-0.2, -0.15) is 0 Å². The van der Waals surface area contributed by atoms with Gasteiger partial charge in [-0.25, -0.2) is 4.39 Å². The Morgan fingerprint density at radius 1 is 1.07 bits per heavy atom. The molecule has 0 aliphatic carbocycles. The minimum Gasteiger partial charge on any atom is -0.484 e. The summed E-state index contributed by atoms with van der Waals surface area (Å²) >= 11 is 0. The van der Waals surface area contributed by atoms with Crippen molar-refractivity contribution in [2.45, 2.75) is 38.6 Å². The number of ether oxygens (including phenoxy) is 1. The molecule has 158 valence electrons. The Morgan fingerprint density at radius 3 is 2.60 bits per heavy atom. The summed E-state index contributed by atoms with van der Waals surface area (Å²) in [4.78, 5) is 28.6. The molecule has 4 rings (SSSR count). The zero-order valence-electron chi connectivity index (χ0n) is 17.3. The molecular formula is C24H27FN2O3. The van der Waals surface area contributed by atoms with Gasteiger partial charge in [0.2, 0.25) is 5.91 Å². The lowest BCUT2D eigenvalue weighted by Crippen LogP contribution is -2.40. The largest absolute Gasteiger partial charge is 0.484 e. The zero-order valence-corrected chi connectivity index (χ0v) is 17.3. The number of benzene rings is 2. The Balaban J connectivity index is 1.62. The SMILES string of the molecule is CCC(=O)N1CCc2ccc(OCC(=O)N3CCCC3)cc2[C@@H]1c1cccc(F)c1. The van der Waals surface area contributed by atoms with E-state index < -0.39 is 0 Å². The average Bonchev–Trinajstić information content (AvgIpc) is 3.31. The minimum absolute atomic E-state index is 0.00102. The molecule has 1 saturated heterocycles. The Kier molecular flexibility index (Phi) is 6.02. The summed E-state index contributed by atoms with van der Waals surface area (Å²) in [5.74, 6) is 0.292. The average molecular weight is 410 g/mol. The fourth-order valence-corrected chi connectivity index (χ4v) is 4.39. The highest BCUT2D eigenvalue weighted by Gasteiger charge is 2.32. The molecule has 0 saturated carbocycles. The monoisotopic (exact) mass is 410 g/mol. The van der Waals surface area contributed by atoms with Gasteiger partial charge in [0.05, 0.1) is 6.04 Å². The van der Waals surface area contributed by atoms with Gasteiger partial charge in [0, 0.05) is 26.1 Å². The lowest BCUT2D eigenvalue weighted by Gasteiger charge is -2.38. The molecular weight excluding hydrogens is 383 g/mol. The van der Waals surface area contributed by atoms with E-state index in [4.69, 9.17) is 4.74 Å². The Bertz CT molecular complexity index is 940. The molecule has 2 aliphatic rings. The molecule has 6 heteroatoms. The third-order valence-corrected chi connectivity index (χ3v) is 5.95. The molecule has 1 atom stereocenters. The number of hydrogen-bond donors (Lipinski definition) is 0. The standard InChI is InChI=1S/C24H27FN2O3/c1-2-22(28)27-13-10-17-8-9-20(30-16-23(29)26-11-3-4-12-26)15-21(17)24(27)18-6-5-7-19(25)14-18/h5-9,14-15,24H,2-4,10-13,16H2,1H3/t24-/m0/s1. The molecule has 2 aromatic rings. The second-order valence-corrected chi connectivity index (χ2v) is 7.89. The number of fused-ring (bicyclic) bond motifs is 1. The van der Waals surface area contributed by atoms with E-state index in [1.54, 1.807) is 6.07 Å². The normalized spacial score (nSPS) is 18.3. The van der Waals surface area contributed by atoms with Crippen LogP contribution in [0.2, 0.25) is 0 Å². The van der Waals surface area contributed by atoms with E-state index in [9.17, 15) is 14.0 Å². The summed E-state index contributed by atoms with van der Waals surface area (Å²) < 4.78 is 19.8. The first-order chi connectivity index (χ1) is 14.6. The fraction of sp³-hybridized carbons (Fsp3) is 0.417. The number of amides is 2. The number of carbonyl (C=O) groups is 2. The summed E-state index contributed by atoms with van der Waals surface area (Å²) in [6.07, 6.45) is 3.21. The van der Waals surface area contributed by atoms with E-state index in [0.717, 1.165) is 49.0 Å². The Morgan fingerprint density at radius 2 is 1.87 bits per heavy atom. The van der Waals surface area contributed by atoms with Crippen LogP contribution in [0, 0.1) is 5.82 Å². The van der Waals surface area contributed by atoms with Crippen molar-refractivity contribution in [2.75, 3.05) is 26.2 Å². The van der Waals surface area contributed by atoms with E-state index in [-0.39, 0.29) is 30.3 Å². The van der Waals surface area contributed by atoms with Crippen molar-refractivity contribution < 1.29 is 18.7 Å². The first-order valence-corrected chi connectivity index (χ1v) is 10.6. The van der Waals surface area contributed by atoms with Crippen molar-refractivity contribution >= 4 is 11.8 Å². The molecule has 5 nitrogen and oxygen atoms in total. The van der Waals surface area contributed by atoms with Crippen LogP contribution in [0.25, 0.3) is 0 Å². The highest BCUT2D eigenvalue weighted by molar-refractivity contribution is 5.78. The van der Waals surface area contributed by atoms with Crippen LogP contribution in [0.5, 0.6) is 5.75 Å². The van der Waals surface area contributed by atoms with Crippen LogP contribution < -0.4 is 4.74 Å². The third-order valence-electron chi connectivity index (χ3n) is 5.95. The van der Waals surface area contributed by atoms with Crippen LogP contribution in [-0.2, 0) is 16.0 Å². The fourth-order valence-electron chi connectivity index (χ4n) is 4.39. The number of nitrogens with zero attached hydrogens (tertiary/aromatic N) is 2. The second kappa shape index (κ2) is 8.86. The third kappa shape index (κ3) is 4.18. The number of hydrogen-bond acceptors (Lipinski definition) is 3. The summed E-state index contributed by atoms with van der Waals surface area (Å²) in [6.45, 7) is 4.02. The molecule has 0 bridgehead atoms. The van der Waals surface area contributed by atoms with Gasteiger partial charge < -0.3 is 14.5 Å². The van der Waals surface area contributed by atoms with Gasteiger partial charge in [0.1, 0.15) is 11.6 Å². The maximum atomic E-state index is 14.0. The Hall–Kier alpha value is -2.89. The predicted molar refractivity (Wildman–Crippen MR) is 112 cm³/mol. The molecule has 30 heavy (non-hydrogen) atoms. The van der Waals surface area contributed by atoms with Crippen LogP contribution in [0.3, 0.4) is 0 Å². The smallest absolute Gasteiger partial charge is 0.260 e. The van der Waals surface area contributed by atoms with Crippen molar-refractivity contribution in [3.8, 4) is 5.75 Å². The number of carbonyl (C=O) groups excluding carboxylic acids is 2. The van der Waals surface area contributed by atoms with Crippen LogP contribution in [-0.4, -0.2) is 47.9 Å². The first kappa shape index (κ1) is 20.4. The van der Waals surface area contributed by atoms with Crippen LogP contribution in [0.4, 0.5) is 4.39 Å². The lowest BCUT2D eigenvalue weighted by atomic mass is 9.87. The molecule has 2 heterocycles. The van der Waals surface area contributed by atoms with E-state index in [1.807, 2.05) is 41.0 Å². The molecule has 0 N–H and O–H groups in total. The zero-order chi connectivity index (χ0) is 21.1. The lowest BCUT2D eigenvalue weighted by molar-refractivity contribution is -0.133. The van der Waals surface area contributed by atoms with Crippen LogP contribution in [0.15, 0.2) is 42.5 Å². The maximum absolute atomic E-state index is 14.0. The van der Waals surface area contributed by atoms with Crippen molar-refractivity contribution in [3.63, 3.8) is 0 Å². The second-order valence-electron chi connectivity index (χ2n) is 7.89. The summed E-state index contributed by atoms with van der Waals surface area (Å²) in [7, 11) is 0. The van der Waals surface area contributed by atoms with E-state index in [1.165, 1.54) is 12.1 Å². The maximum Gasteiger partial charge on any atom is 0.260 e. The number of halogens is 1. The van der Waals surface area contributed by atoms with Crippen LogP contribution in [0.1, 0.15) is 48.9 Å². The molecule has 0 spiro atoms. The summed E-state index contributed by atoms with van der Waals surface area (Å²) in [5.41, 5.74) is 2.78. The quantitative estimate of drug-likeness (QED) is 0.755.